The smallest absolute Gasteiger partial charge is 0.410 e. The van der Waals surface area contributed by atoms with E-state index >= 15 is 13.2 Å². The summed E-state index contributed by atoms with van der Waals surface area (Å²) in [6.07, 6.45) is 2.57. The lowest BCUT2D eigenvalue weighted by Gasteiger charge is -2.34. The summed E-state index contributed by atoms with van der Waals surface area (Å²) in [5.74, 6) is -4.31. The maximum Gasteiger partial charge on any atom is 0.410 e. The minimum atomic E-state index is -3.38. The lowest BCUT2D eigenvalue weighted by atomic mass is 9.89. The van der Waals surface area contributed by atoms with Crippen molar-refractivity contribution in [1.82, 2.24) is 13.8 Å². The van der Waals surface area contributed by atoms with Crippen LogP contribution in [0.4, 0.5) is 28.7 Å². The van der Waals surface area contributed by atoms with Crippen molar-refractivity contribution in [3.05, 3.63) is 51.6 Å². The Hall–Kier alpha value is -3.40. The number of rotatable bonds is 13. The fourth-order valence-electron chi connectivity index (χ4n) is 7.24. The minimum absolute atomic E-state index is 0.00101. The van der Waals surface area contributed by atoms with Crippen LogP contribution in [-0.2, 0) is 31.4 Å². The number of morpholine rings is 1. The number of likely N-dealkylation sites (tertiary alicyclic amines) is 1. The molecule has 1 N–H and O–H groups in total. The summed E-state index contributed by atoms with van der Waals surface area (Å²) in [7, 11) is 0. The first-order valence-electron chi connectivity index (χ1n) is 18.8. The third-order valence-corrected chi connectivity index (χ3v) is 11.0. The van der Waals surface area contributed by atoms with Gasteiger partial charge in [-0.25, -0.2) is 18.0 Å². The van der Waals surface area contributed by atoms with Crippen molar-refractivity contribution in [2.45, 2.75) is 103 Å². The molecule has 53 heavy (non-hydrogen) atoms. The van der Waals surface area contributed by atoms with Crippen molar-refractivity contribution in [2.75, 3.05) is 62.8 Å². The number of pyridine rings is 1. The fraction of sp³-hybridized carbons (Fsp3) is 0.658. The fourth-order valence-corrected chi connectivity index (χ4v) is 8.09. The van der Waals surface area contributed by atoms with Crippen LogP contribution in [0.2, 0.25) is 0 Å². The van der Waals surface area contributed by atoms with Crippen molar-refractivity contribution in [3.63, 3.8) is 0 Å². The van der Waals surface area contributed by atoms with Crippen LogP contribution in [0.15, 0.2) is 29.1 Å². The number of piperidine rings is 1. The first kappa shape index (κ1) is 39.3. The van der Waals surface area contributed by atoms with Gasteiger partial charge in [-0.15, -0.1) is 0 Å². The summed E-state index contributed by atoms with van der Waals surface area (Å²) < 4.78 is 75.9. The van der Waals surface area contributed by atoms with Crippen molar-refractivity contribution in [2.24, 2.45) is 5.92 Å². The molecule has 5 heterocycles. The normalized spacial score (nSPS) is 18.5. The number of unbranched alkanes of at least 4 members (excludes halogenated alkanes) is 1. The molecule has 3 fully saturated rings. The second kappa shape index (κ2) is 17.0. The van der Waals surface area contributed by atoms with Gasteiger partial charge in [-0.1, -0.05) is 18.2 Å². The standard InChI is InChI=1S/C38H52F3N5O6S/c1-25(27-8-7-9-29(32(27)39)38(40,41)14-11-26-12-16-45(17-13-26)36(48)52-37(2,3)4)42-34-28-24-30(44-18-20-49-21-19-44)35(47)46(33(28)43-53-34)15-6-5-10-31-50-22-23-51-31/h7-9,24-26,31,42H,5-6,10-23H2,1-4H3/t25-/m1/s1. The number of benzene rings is 1. The Bertz CT molecular complexity index is 1760. The number of aryl methyl sites for hydroxylation is 1. The summed E-state index contributed by atoms with van der Waals surface area (Å²) in [5.41, 5.74) is -0.172. The predicted molar refractivity (Wildman–Crippen MR) is 199 cm³/mol. The molecule has 0 saturated carbocycles. The second-order valence-electron chi connectivity index (χ2n) is 15.2. The Labute approximate surface area is 312 Å². The predicted octanol–water partition coefficient (Wildman–Crippen LogP) is 7.67. The van der Waals surface area contributed by atoms with Crippen molar-refractivity contribution < 1.29 is 36.9 Å². The molecule has 0 radical (unpaired) electrons. The number of amides is 1. The Kier molecular flexibility index (Phi) is 12.6. The number of halogens is 3. The second-order valence-corrected chi connectivity index (χ2v) is 16.0. The zero-order valence-electron chi connectivity index (χ0n) is 31.1. The molecular formula is C38H52F3N5O6S. The minimum Gasteiger partial charge on any atom is -0.444 e. The number of anilines is 2. The third-order valence-electron chi connectivity index (χ3n) is 10.2. The summed E-state index contributed by atoms with van der Waals surface area (Å²) in [4.78, 5) is 29.9. The van der Waals surface area contributed by atoms with Crippen LogP contribution >= 0.6 is 11.5 Å². The Morgan fingerprint density at radius 2 is 1.77 bits per heavy atom. The van der Waals surface area contributed by atoms with E-state index < -0.39 is 41.5 Å². The third kappa shape index (κ3) is 9.65. The van der Waals surface area contributed by atoms with E-state index in [9.17, 15) is 9.59 Å². The zero-order valence-corrected chi connectivity index (χ0v) is 32.0. The monoisotopic (exact) mass is 763 g/mol. The summed E-state index contributed by atoms with van der Waals surface area (Å²) in [6.45, 7) is 11.8. The molecule has 0 unspecified atom stereocenters. The molecule has 11 nitrogen and oxygen atoms in total. The number of carbonyl (C=O) groups is 1. The van der Waals surface area contributed by atoms with Crippen LogP contribution in [0, 0.1) is 11.7 Å². The van der Waals surface area contributed by atoms with Gasteiger partial charge in [-0.2, -0.15) is 4.37 Å². The van der Waals surface area contributed by atoms with Gasteiger partial charge in [-0.3, -0.25) is 9.36 Å². The number of nitrogens with one attached hydrogen (secondary N) is 1. The van der Waals surface area contributed by atoms with Gasteiger partial charge in [-0.05, 0) is 89.7 Å². The van der Waals surface area contributed by atoms with Crippen LogP contribution in [0.25, 0.3) is 11.0 Å². The van der Waals surface area contributed by atoms with Gasteiger partial charge < -0.3 is 34.1 Å². The van der Waals surface area contributed by atoms with E-state index in [2.05, 4.69) is 9.69 Å². The SMILES string of the molecule is C[C@@H](Nc1snc2c1cc(N1CCOCC1)c(=O)n2CCCCC1OCCO1)c1cccc(C(F)(F)CCC2CCN(C(=O)OC(C)(C)C)CC2)c1F. The van der Waals surface area contributed by atoms with Crippen LogP contribution in [0.1, 0.15) is 89.8 Å². The number of aromatic nitrogens is 2. The molecule has 1 atom stereocenters. The molecular weight excluding hydrogens is 712 g/mol. The molecule has 3 aromatic rings. The number of fused-ring (bicyclic) bond motifs is 1. The first-order valence-corrected chi connectivity index (χ1v) is 19.6. The lowest BCUT2D eigenvalue weighted by Crippen LogP contribution is -2.41. The van der Waals surface area contributed by atoms with Gasteiger partial charge in [0.05, 0.1) is 43.4 Å². The first-order chi connectivity index (χ1) is 25.3. The van der Waals surface area contributed by atoms with Crippen LogP contribution < -0.4 is 15.8 Å². The molecule has 15 heteroatoms. The molecule has 6 rings (SSSR count). The van der Waals surface area contributed by atoms with E-state index in [-0.39, 0.29) is 29.8 Å². The Balaban J connectivity index is 1.14. The average molecular weight is 764 g/mol. The van der Waals surface area contributed by atoms with Gasteiger partial charge >= 0.3 is 6.09 Å². The lowest BCUT2D eigenvalue weighted by molar-refractivity contribution is -0.0480. The Morgan fingerprint density at radius 1 is 1.06 bits per heavy atom. The summed E-state index contributed by atoms with van der Waals surface area (Å²) in [5, 5.41) is 4.67. The number of alkyl halides is 2. The van der Waals surface area contributed by atoms with Crippen molar-refractivity contribution >= 4 is 39.3 Å². The largest absolute Gasteiger partial charge is 0.444 e. The van der Waals surface area contributed by atoms with Gasteiger partial charge in [0.25, 0.3) is 11.5 Å². The summed E-state index contributed by atoms with van der Waals surface area (Å²) >= 11 is 1.16. The van der Waals surface area contributed by atoms with Crippen LogP contribution in [0.5, 0.6) is 0 Å². The highest BCUT2D eigenvalue weighted by Crippen LogP contribution is 2.40. The van der Waals surface area contributed by atoms with Crippen molar-refractivity contribution in [1.29, 1.82) is 0 Å². The van der Waals surface area contributed by atoms with E-state index in [1.807, 2.05) is 11.0 Å². The molecule has 292 valence electrons. The number of carbonyl (C=O) groups excluding carboxylic acids is 1. The quantitative estimate of drug-likeness (QED) is 0.176. The number of nitrogens with zero attached hydrogens (tertiary/aromatic N) is 4. The van der Waals surface area contributed by atoms with E-state index in [0.29, 0.717) is 93.7 Å². The maximum atomic E-state index is 16.0. The van der Waals surface area contributed by atoms with E-state index in [0.717, 1.165) is 36.9 Å². The highest BCUT2D eigenvalue weighted by Gasteiger charge is 2.37. The zero-order chi connectivity index (χ0) is 37.8. The molecule has 1 amide bonds. The molecule has 2 aromatic heterocycles. The number of hydrogen-bond acceptors (Lipinski definition) is 10. The molecule has 0 bridgehead atoms. The van der Waals surface area contributed by atoms with Gasteiger partial charge in [0, 0.05) is 44.7 Å². The molecule has 3 aliphatic heterocycles. The molecule has 0 spiro atoms. The van der Waals surface area contributed by atoms with Crippen molar-refractivity contribution in [3.8, 4) is 0 Å². The average Bonchev–Trinajstić information content (AvgIpc) is 3.80. The maximum absolute atomic E-state index is 16.0. The molecule has 0 aliphatic carbocycles. The topological polar surface area (TPSA) is 107 Å². The van der Waals surface area contributed by atoms with Gasteiger partial charge in [0.1, 0.15) is 22.1 Å². The van der Waals surface area contributed by atoms with E-state index in [1.54, 1.807) is 37.2 Å². The highest BCUT2D eigenvalue weighted by molar-refractivity contribution is 7.11. The Morgan fingerprint density at radius 3 is 2.47 bits per heavy atom. The molecule has 3 aliphatic rings. The van der Waals surface area contributed by atoms with Gasteiger partial charge in [0.2, 0.25) is 0 Å². The van der Waals surface area contributed by atoms with Crippen LogP contribution in [0.3, 0.4) is 0 Å². The highest BCUT2D eigenvalue weighted by atomic mass is 32.1. The number of ether oxygens (including phenoxy) is 4. The van der Waals surface area contributed by atoms with E-state index in [1.165, 1.54) is 12.1 Å². The summed E-state index contributed by atoms with van der Waals surface area (Å²) in [6, 6.07) is 5.31. The molecule has 1 aromatic carbocycles. The molecule has 3 saturated heterocycles. The van der Waals surface area contributed by atoms with Crippen LogP contribution in [-0.4, -0.2) is 84.4 Å². The number of hydrogen-bond donors (Lipinski definition) is 1. The van der Waals surface area contributed by atoms with Gasteiger partial charge in [0.15, 0.2) is 11.9 Å². The van der Waals surface area contributed by atoms with E-state index in [4.69, 9.17) is 18.9 Å².